The molecule has 0 unspecified atom stereocenters. The average molecular weight is 368 g/mol. The number of benzene rings is 1. The highest BCUT2D eigenvalue weighted by Crippen LogP contribution is 2.27. The third-order valence-electron chi connectivity index (χ3n) is 4.24. The van der Waals surface area contributed by atoms with E-state index in [1.165, 1.54) is 22.8 Å². The molecule has 0 N–H and O–H groups in total. The number of alkyl halides is 2. The summed E-state index contributed by atoms with van der Waals surface area (Å²) in [6.07, 6.45) is -0.447. The Morgan fingerprint density at radius 1 is 1.28 bits per heavy atom. The summed E-state index contributed by atoms with van der Waals surface area (Å²) >= 11 is 5.83. The van der Waals surface area contributed by atoms with Gasteiger partial charge in [-0.1, -0.05) is 11.6 Å². The topological polar surface area (TPSA) is 55.2 Å². The van der Waals surface area contributed by atoms with Gasteiger partial charge in [-0.15, -0.1) is 0 Å². The zero-order valence-corrected chi connectivity index (χ0v) is 14.2. The predicted molar refractivity (Wildman–Crippen MR) is 88.0 cm³/mol. The van der Waals surface area contributed by atoms with Gasteiger partial charge >= 0.3 is 0 Å². The highest BCUT2D eigenvalue weighted by Gasteiger charge is 2.37. The van der Waals surface area contributed by atoms with Crippen LogP contribution in [-0.4, -0.2) is 39.0 Å². The number of aryl methyl sites for hydroxylation is 1. The van der Waals surface area contributed by atoms with Gasteiger partial charge < -0.3 is 4.90 Å². The molecule has 2 heterocycles. The maximum absolute atomic E-state index is 13.1. The van der Waals surface area contributed by atoms with Gasteiger partial charge in [0.05, 0.1) is 11.6 Å². The van der Waals surface area contributed by atoms with E-state index in [0.29, 0.717) is 30.0 Å². The number of hydrogen-bond acceptors (Lipinski definition) is 3. The predicted octanol–water partition coefficient (Wildman–Crippen LogP) is 3.50. The number of halogens is 3. The first kappa shape index (κ1) is 17.5. The molecule has 0 saturated carbocycles. The third kappa shape index (κ3) is 3.42. The second-order valence-electron chi connectivity index (χ2n) is 5.93. The molecule has 2 aromatic rings. The van der Waals surface area contributed by atoms with E-state index in [2.05, 4.69) is 5.10 Å². The number of amides is 1. The van der Waals surface area contributed by atoms with Crippen LogP contribution in [0.3, 0.4) is 0 Å². The van der Waals surface area contributed by atoms with Gasteiger partial charge in [-0.25, -0.2) is 8.78 Å². The molecule has 25 heavy (non-hydrogen) atoms. The first-order valence-electron chi connectivity index (χ1n) is 7.81. The molecule has 1 aromatic carbocycles. The number of aromatic nitrogens is 2. The van der Waals surface area contributed by atoms with Crippen molar-refractivity contribution in [2.75, 3.05) is 6.54 Å². The monoisotopic (exact) mass is 367 g/mol. The van der Waals surface area contributed by atoms with Crippen LogP contribution < -0.4 is 0 Å². The summed E-state index contributed by atoms with van der Waals surface area (Å²) in [6, 6.07) is 5.73. The molecule has 132 valence electrons. The van der Waals surface area contributed by atoms with E-state index in [0.717, 1.165) is 0 Å². The van der Waals surface area contributed by atoms with Gasteiger partial charge in [-0.2, -0.15) is 5.10 Å². The first-order chi connectivity index (χ1) is 11.9. The minimum atomic E-state index is -2.85. The number of hydrogen-bond donors (Lipinski definition) is 0. The molecule has 0 spiro atoms. The molecule has 8 heteroatoms. The van der Waals surface area contributed by atoms with Crippen molar-refractivity contribution in [3.8, 4) is 0 Å². The van der Waals surface area contributed by atoms with Crippen LogP contribution in [0.4, 0.5) is 8.78 Å². The summed E-state index contributed by atoms with van der Waals surface area (Å²) < 4.78 is 27.4. The van der Waals surface area contributed by atoms with Crippen molar-refractivity contribution in [2.45, 2.75) is 25.3 Å². The molecule has 1 atom stereocenters. The minimum absolute atomic E-state index is 0.159. The van der Waals surface area contributed by atoms with Crippen molar-refractivity contribution >= 4 is 23.3 Å². The second-order valence-corrected chi connectivity index (χ2v) is 6.37. The van der Waals surface area contributed by atoms with Crippen molar-refractivity contribution in [3.63, 3.8) is 0 Å². The minimum Gasteiger partial charge on any atom is -0.328 e. The van der Waals surface area contributed by atoms with Crippen LogP contribution in [0.25, 0.3) is 0 Å². The molecule has 1 aromatic heterocycles. The second kappa shape index (κ2) is 6.92. The van der Waals surface area contributed by atoms with E-state index in [1.807, 2.05) is 0 Å². The molecule has 3 rings (SSSR count). The lowest BCUT2D eigenvalue weighted by Crippen LogP contribution is -2.40. The van der Waals surface area contributed by atoms with Crippen LogP contribution in [0, 0.1) is 0 Å². The zero-order valence-electron chi connectivity index (χ0n) is 13.5. The quantitative estimate of drug-likeness (QED) is 0.777. The zero-order chi connectivity index (χ0) is 18.1. The summed E-state index contributed by atoms with van der Waals surface area (Å²) in [7, 11) is 1.48. The van der Waals surface area contributed by atoms with Crippen LogP contribution in [0.2, 0.25) is 5.02 Å². The Balaban J connectivity index is 1.87. The fourth-order valence-corrected chi connectivity index (χ4v) is 3.20. The number of ketones is 1. The maximum Gasteiger partial charge on any atom is 0.282 e. The Kier molecular flexibility index (Phi) is 4.85. The van der Waals surface area contributed by atoms with Crippen molar-refractivity contribution in [1.82, 2.24) is 14.7 Å². The van der Waals surface area contributed by atoms with E-state index in [-0.39, 0.29) is 11.3 Å². The van der Waals surface area contributed by atoms with E-state index in [4.69, 9.17) is 11.6 Å². The standard InChI is InChI=1S/C17H16ClF2N3O2/c1-22-9-12(14(21-22)16(19)20)17(25)23-8-2-3-13(23)15(24)10-4-6-11(18)7-5-10/h4-7,9,13,16H,2-3,8H2,1H3/t13-/m0/s1. The van der Waals surface area contributed by atoms with Gasteiger partial charge in [0.1, 0.15) is 5.69 Å². The number of likely N-dealkylation sites (tertiary alicyclic amines) is 1. The smallest absolute Gasteiger partial charge is 0.282 e. The summed E-state index contributed by atoms with van der Waals surface area (Å²) in [4.78, 5) is 26.8. The molecule has 0 bridgehead atoms. The number of carbonyl (C=O) groups is 2. The lowest BCUT2D eigenvalue weighted by Gasteiger charge is -2.23. The number of carbonyl (C=O) groups excluding carboxylic acids is 2. The normalized spacial score (nSPS) is 17.3. The van der Waals surface area contributed by atoms with Gasteiger partial charge in [-0.05, 0) is 37.1 Å². The van der Waals surface area contributed by atoms with Gasteiger partial charge in [0.2, 0.25) is 0 Å². The Hall–Kier alpha value is -2.28. The van der Waals surface area contributed by atoms with E-state index in [9.17, 15) is 18.4 Å². The molecule has 0 aliphatic carbocycles. The van der Waals surface area contributed by atoms with Gasteiger partial charge in [0.25, 0.3) is 12.3 Å². The number of nitrogens with zero attached hydrogens (tertiary/aromatic N) is 3. The fourth-order valence-electron chi connectivity index (χ4n) is 3.08. The van der Waals surface area contributed by atoms with Crippen LogP contribution in [0.1, 0.15) is 45.7 Å². The molecular weight excluding hydrogens is 352 g/mol. The van der Waals surface area contributed by atoms with E-state index in [1.54, 1.807) is 24.3 Å². The Morgan fingerprint density at radius 2 is 1.96 bits per heavy atom. The summed E-state index contributed by atoms with van der Waals surface area (Å²) in [6.45, 7) is 0.348. The maximum atomic E-state index is 13.1. The van der Waals surface area contributed by atoms with Crippen molar-refractivity contribution in [1.29, 1.82) is 0 Å². The van der Waals surface area contributed by atoms with Gasteiger partial charge in [0.15, 0.2) is 5.78 Å². The van der Waals surface area contributed by atoms with Crippen LogP contribution >= 0.6 is 11.6 Å². The summed E-state index contributed by atoms with van der Waals surface area (Å²) in [5.41, 5.74) is -0.278. The summed E-state index contributed by atoms with van der Waals surface area (Å²) in [5, 5.41) is 4.17. The van der Waals surface area contributed by atoms with Crippen molar-refractivity contribution < 1.29 is 18.4 Å². The molecule has 0 radical (unpaired) electrons. The highest BCUT2D eigenvalue weighted by atomic mass is 35.5. The van der Waals surface area contributed by atoms with Gasteiger partial charge in [0, 0.05) is 30.4 Å². The van der Waals surface area contributed by atoms with Gasteiger partial charge in [-0.3, -0.25) is 14.3 Å². The Morgan fingerprint density at radius 3 is 2.60 bits per heavy atom. The SMILES string of the molecule is Cn1cc(C(=O)N2CCC[C@H]2C(=O)c2ccc(Cl)cc2)c(C(F)F)n1. The Bertz CT molecular complexity index is 805. The lowest BCUT2D eigenvalue weighted by atomic mass is 10.0. The van der Waals surface area contributed by atoms with Crippen molar-refractivity contribution in [2.24, 2.45) is 7.05 Å². The molecule has 1 amide bonds. The highest BCUT2D eigenvalue weighted by molar-refractivity contribution is 6.30. The van der Waals surface area contributed by atoms with Crippen LogP contribution in [0.5, 0.6) is 0 Å². The molecule has 5 nitrogen and oxygen atoms in total. The average Bonchev–Trinajstić information content (AvgIpc) is 3.21. The summed E-state index contributed by atoms with van der Waals surface area (Å²) in [5.74, 6) is -0.807. The molecular formula is C17H16ClF2N3O2. The first-order valence-corrected chi connectivity index (χ1v) is 8.18. The number of Topliss-reactive ketones (excluding diaryl/α,β-unsaturated/α-hetero) is 1. The Labute approximate surface area is 148 Å². The number of rotatable bonds is 4. The molecule has 1 saturated heterocycles. The van der Waals surface area contributed by atoms with E-state index >= 15 is 0 Å². The third-order valence-corrected chi connectivity index (χ3v) is 4.49. The largest absolute Gasteiger partial charge is 0.328 e. The molecule has 1 aliphatic rings. The van der Waals surface area contributed by atoms with E-state index < -0.39 is 24.1 Å². The fraction of sp³-hybridized carbons (Fsp3) is 0.353. The molecule has 1 aliphatic heterocycles. The lowest BCUT2D eigenvalue weighted by molar-refractivity contribution is 0.0663. The van der Waals surface area contributed by atoms with Crippen LogP contribution in [-0.2, 0) is 7.05 Å². The molecule has 1 fully saturated rings. The van der Waals surface area contributed by atoms with Crippen LogP contribution in [0.15, 0.2) is 30.5 Å². The van der Waals surface area contributed by atoms with Crippen molar-refractivity contribution in [3.05, 3.63) is 52.3 Å².